The van der Waals surface area contributed by atoms with Crippen molar-refractivity contribution in [2.75, 3.05) is 11.4 Å². The van der Waals surface area contributed by atoms with Gasteiger partial charge in [-0.15, -0.1) is 0 Å². The monoisotopic (exact) mass is 675 g/mol. The first-order chi connectivity index (χ1) is 16.5. The first kappa shape index (κ1) is 26.0. The molecule has 11 heteroatoms. The van der Waals surface area contributed by atoms with E-state index in [2.05, 4.69) is 57.8 Å². The second-order valence-corrected chi connectivity index (χ2v) is 10.3. The fourth-order valence-electron chi connectivity index (χ4n) is 3.82. The van der Waals surface area contributed by atoms with Gasteiger partial charge in [-0.2, -0.15) is 0 Å². The standard InChI is InChI=1S/C14H11BrF2N2O.C10H5Br2F2N/c1-7-13(15)12-9(17)5-8(16)6-10(12)18-14(7)19-4-2-3-11(19)20;1-4-9(11)8-6(14)2-5(13)3-7(8)15-10(4)12/h5-6H,2-4H2,1H3;2-3H,1H3. The third kappa shape index (κ3) is 4.95. The van der Waals surface area contributed by atoms with Gasteiger partial charge in [0.15, 0.2) is 0 Å². The number of benzene rings is 2. The Labute approximate surface area is 223 Å². The maximum atomic E-state index is 13.9. The third-order valence-electron chi connectivity index (χ3n) is 5.58. The second kappa shape index (κ2) is 10.1. The number of pyridine rings is 2. The summed E-state index contributed by atoms with van der Waals surface area (Å²) in [6, 6.07) is 4.05. The van der Waals surface area contributed by atoms with Crippen molar-refractivity contribution in [3.8, 4) is 0 Å². The molecule has 0 radical (unpaired) electrons. The lowest BCUT2D eigenvalue weighted by Crippen LogP contribution is -2.25. The van der Waals surface area contributed by atoms with E-state index in [1.54, 1.807) is 18.7 Å². The van der Waals surface area contributed by atoms with Gasteiger partial charge in [-0.25, -0.2) is 27.5 Å². The van der Waals surface area contributed by atoms with Crippen LogP contribution in [0.15, 0.2) is 37.8 Å². The average Bonchev–Trinajstić information content (AvgIpc) is 3.19. The van der Waals surface area contributed by atoms with E-state index >= 15 is 0 Å². The van der Waals surface area contributed by atoms with Gasteiger partial charge in [-0.3, -0.25) is 9.69 Å². The third-order valence-corrected chi connectivity index (χ3v) is 8.34. The first-order valence-corrected chi connectivity index (χ1v) is 12.7. The predicted molar refractivity (Wildman–Crippen MR) is 137 cm³/mol. The molecule has 3 heterocycles. The lowest BCUT2D eigenvalue weighted by molar-refractivity contribution is -0.117. The van der Waals surface area contributed by atoms with Crippen LogP contribution in [0.1, 0.15) is 24.0 Å². The van der Waals surface area contributed by atoms with E-state index in [4.69, 9.17) is 0 Å². The summed E-state index contributed by atoms with van der Waals surface area (Å²) >= 11 is 9.84. The van der Waals surface area contributed by atoms with Crippen molar-refractivity contribution in [3.63, 3.8) is 0 Å². The van der Waals surface area contributed by atoms with Crippen LogP contribution in [0.4, 0.5) is 23.4 Å². The van der Waals surface area contributed by atoms with Gasteiger partial charge in [0, 0.05) is 51.7 Å². The Hall–Kier alpha value is -2.11. The van der Waals surface area contributed by atoms with Gasteiger partial charge in [-0.05, 0) is 73.6 Å². The van der Waals surface area contributed by atoms with Crippen LogP contribution < -0.4 is 4.90 Å². The van der Waals surface area contributed by atoms with Crippen LogP contribution in [0.25, 0.3) is 21.8 Å². The molecule has 0 aliphatic carbocycles. The zero-order valence-electron chi connectivity index (χ0n) is 18.3. The van der Waals surface area contributed by atoms with E-state index < -0.39 is 23.3 Å². The Balaban J connectivity index is 0.000000172. The molecule has 1 aliphatic heterocycles. The van der Waals surface area contributed by atoms with Crippen LogP contribution in [-0.2, 0) is 4.79 Å². The van der Waals surface area contributed by atoms with Crippen molar-refractivity contribution in [2.45, 2.75) is 26.7 Å². The largest absolute Gasteiger partial charge is 0.297 e. The zero-order valence-corrected chi connectivity index (χ0v) is 23.1. The Morgan fingerprint density at radius 1 is 0.800 bits per heavy atom. The van der Waals surface area contributed by atoms with E-state index in [0.717, 1.165) is 24.1 Å². The number of carbonyl (C=O) groups is 1. The number of hydrogen-bond acceptors (Lipinski definition) is 3. The number of carbonyl (C=O) groups excluding carboxylic acids is 1. The summed E-state index contributed by atoms with van der Waals surface area (Å²) in [4.78, 5) is 21.8. The van der Waals surface area contributed by atoms with E-state index in [1.165, 1.54) is 12.1 Å². The molecule has 1 amide bonds. The molecule has 4 nitrogen and oxygen atoms in total. The molecule has 1 saturated heterocycles. The summed E-state index contributed by atoms with van der Waals surface area (Å²) in [6.07, 6.45) is 1.25. The van der Waals surface area contributed by atoms with Gasteiger partial charge in [0.25, 0.3) is 0 Å². The van der Waals surface area contributed by atoms with Crippen LogP contribution >= 0.6 is 47.8 Å². The van der Waals surface area contributed by atoms with Gasteiger partial charge in [-0.1, -0.05) is 0 Å². The molecule has 1 fully saturated rings. The first-order valence-electron chi connectivity index (χ1n) is 10.3. The number of rotatable bonds is 1. The van der Waals surface area contributed by atoms with Crippen molar-refractivity contribution in [2.24, 2.45) is 0 Å². The maximum Gasteiger partial charge on any atom is 0.228 e. The van der Waals surface area contributed by atoms with Gasteiger partial charge in [0.1, 0.15) is 33.7 Å². The quantitative estimate of drug-likeness (QED) is 0.151. The van der Waals surface area contributed by atoms with E-state index in [0.29, 0.717) is 43.3 Å². The molecule has 35 heavy (non-hydrogen) atoms. The Bertz CT molecular complexity index is 1510. The van der Waals surface area contributed by atoms with Crippen molar-refractivity contribution in [1.29, 1.82) is 0 Å². The maximum absolute atomic E-state index is 13.9. The van der Waals surface area contributed by atoms with Crippen LogP contribution in [0.5, 0.6) is 0 Å². The summed E-state index contributed by atoms with van der Waals surface area (Å²) in [6.45, 7) is 4.14. The minimum absolute atomic E-state index is 0.0104. The van der Waals surface area contributed by atoms with Crippen LogP contribution in [-0.4, -0.2) is 22.4 Å². The minimum atomic E-state index is -0.683. The molecule has 1 aliphatic rings. The number of aromatic nitrogens is 2. The van der Waals surface area contributed by atoms with Crippen LogP contribution in [0.3, 0.4) is 0 Å². The Morgan fingerprint density at radius 2 is 1.31 bits per heavy atom. The highest BCUT2D eigenvalue weighted by atomic mass is 79.9. The topological polar surface area (TPSA) is 46.1 Å². The van der Waals surface area contributed by atoms with Gasteiger partial charge >= 0.3 is 0 Å². The fraction of sp³-hybridized carbons (Fsp3) is 0.208. The molecule has 4 aromatic rings. The fourth-order valence-corrected chi connectivity index (χ4v) is 5.62. The van der Waals surface area contributed by atoms with Crippen molar-refractivity contribution in [3.05, 3.63) is 72.2 Å². The van der Waals surface area contributed by atoms with Gasteiger partial charge < -0.3 is 0 Å². The molecular weight excluding hydrogens is 662 g/mol. The molecule has 2 aromatic heterocycles. The number of amides is 1. The predicted octanol–water partition coefficient (Wildman–Crippen LogP) is 8.06. The molecule has 5 rings (SSSR count). The Morgan fingerprint density at radius 3 is 1.83 bits per heavy atom. The normalized spacial score (nSPS) is 13.5. The molecular formula is C24H16Br3F4N3O. The van der Waals surface area contributed by atoms with Gasteiger partial charge in [0.2, 0.25) is 5.91 Å². The number of hydrogen-bond donors (Lipinski definition) is 0. The van der Waals surface area contributed by atoms with Crippen molar-refractivity contribution >= 4 is 81.3 Å². The number of nitrogens with zero attached hydrogens (tertiary/aromatic N) is 3. The molecule has 0 bridgehead atoms. The summed E-state index contributed by atoms with van der Waals surface area (Å²) < 4.78 is 55.3. The summed E-state index contributed by atoms with van der Waals surface area (Å²) in [5.74, 6) is -2.13. The van der Waals surface area contributed by atoms with Crippen molar-refractivity contribution < 1.29 is 22.4 Å². The summed E-state index contributed by atoms with van der Waals surface area (Å²) in [7, 11) is 0. The summed E-state index contributed by atoms with van der Waals surface area (Å²) in [5.41, 5.74) is 1.96. The molecule has 0 spiro atoms. The number of anilines is 1. The van der Waals surface area contributed by atoms with E-state index in [9.17, 15) is 22.4 Å². The lowest BCUT2D eigenvalue weighted by Gasteiger charge is -2.19. The SMILES string of the molecule is Cc1c(Br)nc2cc(F)cc(F)c2c1Br.Cc1c(N2CCCC2=O)nc2cc(F)cc(F)c2c1Br. The molecule has 0 saturated carbocycles. The Kier molecular flexibility index (Phi) is 7.49. The van der Waals surface area contributed by atoms with Crippen molar-refractivity contribution in [1.82, 2.24) is 9.97 Å². The molecule has 0 atom stereocenters. The smallest absolute Gasteiger partial charge is 0.228 e. The van der Waals surface area contributed by atoms with E-state index in [1.807, 2.05) is 0 Å². The molecule has 182 valence electrons. The highest BCUT2D eigenvalue weighted by Crippen LogP contribution is 2.36. The molecule has 0 N–H and O–H groups in total. The average molecular weight is 678 g/mol. The minimum Gasteiger partial charge on any atom is -0.297 e. The lowest BCUT2D eigenvalue weighted by atomic mass is 10.1. The number of halogens is 7. The molecule has 2 aromatic carbocycles. The number of fused-ring (bicyclic) bond motifs is 2. The highest BCUT2D eigenvalue weighted by Gasteiger charge is 2.26. The molecule has 0 unspecified atom stereocenters. The zero-order chi connectivity index (χ0) is 25.6. The van der Waals surface area contributed by atoms with Gasteiger partial charge in [0.05, 0.1) is 21.8 Å². The summed E-state index contributed by atoms with van der Waals surface area (Å²) in [5, 5.41) is 0.538. The highest BCUT2D eigenvalue weighted by molar-refractivity contribution is 9.11. The van der Waals surface area contributed by atoms with E-state index in [-0.39, 0.29) is 22.3 Å². The van der Waals surface area contributed by atoms with Crippen LogP contribution in [0, 0.1) is 37.1 Å². The second-order valence-electron chi connectivity index (χ2n) is 7.93. The van der Waals surface area contributed by atoms with Crippen LogP contribution in [0.2, 0.25) is 0 Å².